The normalized spacial score (nSPS) is 11.7. The third-order valence-electron chi connectivity index (χ3n) is 2.80. The van der Waals surface area contributed by atoms with Gasteiger partial charge in [-0.15, -0.1) is 0 Å². The number of fused-ring (bicyclic) bond motifs is 1. The van der Waals surface area contributed by atoms with Crippen LogP contribution in [0.1, 0.15) is 0 Å². The average molecular weight is 327 g/mol. The molecule has 114 valence electrons. The van der Waals surface area contributed by atoms with E-state index in [9.17, 15) is 8.42 Å². The first kappa shape index (κ1) is 16.1. The molecule has 5 nitrogen and oxygen atoms in total. The van der Waals surface area contributed by atoms with Gasteiger partial charge in [-0.25, -0.2) is 0 Å². The van der Waals surface area contributed by atoms with Crippen molar-refractivity contribution in [1.29, 1.82) is 0 Å². The predicted octanol–water partition coefficient (Wildman–Crippen LogP) is 2.34. The summed E-state index contributed by atoms with van der Waals surface area (Å²) in [4.78, 5) is 0. The van der Waals surface area contributed by atoms with Gasteiger partial charge >= 0.3 is 9.15 Å². The molecule has 0 radical (unpaired) electrons. The highest BCUT2D eigenvalue weighted by Gasteiger charge is 2.04. The van der Waals surface area contributed by atoms with Crippen LogP contribution in [0.25, 0.3) is 10.8 Å². The summed E-state index contributed by atoms with van der Waals surface area (Å²) in [6.45, 7) is 1.59. The van der Waals surface area contributed by atoms with E-state index >= 15 is 0 Å². The highest BCUT2D eigenvalue weighted by molar-refractivity contribution is 8.69. The Labute approximate surface area is 127 Å². The predicted molar refractivity (Wildman–Crippen MR) is 86.3 cm³/mol. The Bertz CT molecular complexity index is 683. The molecule has 2 rings (SSSR count). The Kier molecular flexibility index (Phi) is 5.86. The van der Waals surface area contributed by atoms with E-state index in [-0.39, 0.29) is 0 Å². The third-order valence-corrected chi connectivity index (χ3v) is 4.86. The van der Waals surface area contributed by atoms with E-state index in [1.54, 1.807) is 0 Å². The first-order chi connectivity index (χ1) is 10.1. The molecule has 0 amide bonds. The van der Waals surface area contributed by atoms with E-state index in [0.29, 0.717) is 36.2 Å². The second-order valence-corrected chi connectivity index (χ2v) is 7.80. The summed E-state index contributed by atoms with van der Waals surface area (Å²) in [7, 11) is -3.42. The SMILES string of the molecule is O=S(=O)(O)SCCNCCOc1cccc2ccccc12. The van der Waals surface area contributed by atoms with Crippen molar-refractivity contribution in [3.8, 4) is 5.75 Å². The molecule has 7 heteroatoms. The molecular weight excluding hydrogens is 310 g/mol. The van der Waals surface area contributed by atoms with Gasteiger partial charge in [0.15, 0.2) is 0 Å². The lowest BCUT2D eigenvalue weighted by atomic mass is 10.1. The van der Waals surface area contributed by atoms with Crippen LogP contribution in [0.2, 0.25) is 0 Å². The van der Waals surface area contributed by atoms with E-state index in [4.69, 9.17) is 9.29 Å². The van der Waals surface area contributed by atoms with Gasteiger partial charge in [0.25, 0.3) is 0 Å². The molecule has 0 saturated carbocycles. The first-order valence-electron chi connectivity index (χ1n) is 6.49. The fourth-order valence-corrected chi connectivity index (χ4v) is 3.22. The molecule has 2 aromatic rings. The van der Waals surface area contributed by atoms with Gasteiger partial charge in [-0.2, -0.15) is 8.42 Å². The van der Waals surface area contributed by atoms with Crippen molar-refractivity contribution in [3.05, 3.63) is 42.5 Å². The van der Waals surface area contributed by atoms with E-state index in [1.807, 2.05) is 42.5 Å². The maximum Gasteiger partial charge on any atom is 0.319 e. The summed E-state index contributed by atoms with van der Waals surface area (Å²) >= 11 is 0. The number of hydrogen-bond acceptors (Lipinski definition) is 5. The van der Waals surface area contributed by atoms with Crippen LogP contribution in [0, 0.1) is 0 Å². The first-order valence-corrected chi connectivity index (χ1v) is 9.44. The van der Waals surface area contributed by atoms with Crippen molar-refractivity contribution < 1.29 is 17.7 Å². The third kappa shape index (κ3) is 5.55. The Morgan fingerprint density at radius 1 is 1.10 bits per heavy atom. The van der Waals surface area contributed by atoms with Crippen molar-refractivity contribution in [2.45, 2.75) is 0 Å². The van der Waals surface area contributed by atoms with E-state index in [2.05, 4.69) is 5.32 Å². The van der Waals surface area contributed by atoms with Gasteiger partial charge in [0.1, 0.15) is 12.4 Å². The highest BCUT2D eigenvalue weighted by atomic mass is 33.1. The van der Waals surface area contributed by atoms with Crippen molar-refractivity contribution >= 4 is 30.7 Å². The Morgan fingerprint density at radius 2 is 1.86 bits per heavy atom. The highest BCUT2D eigenvalue weighted by Crippen LogP contribution is 2.24. The van der Waals surface area contributed by atoms with E-state index < -0.39 is 9.15 Å². The Morgan fingerprint density at radius 3 is 2.67 bits per heavy atom. The molecule has 0 saturated heterocycles. The average Bonchev–Trinajstić information content (AvgIpc) is 2.45. The largest absolute Gasteiger partial charge is 0.492 e. The maximum absolute atomic E-state index is 10.5. The molecule has 0 atom stereocenters. The smallest absolute Gasteiger partial charge is 0.319 e. The molecule has 0 aliphatic carbocycles. The van der Waals surface area contributed by atoms with Gasteiger partial charge in [-0.1, -0.05) is 36.4 Å². The molecule has 0 aliphatic rings. The van der Waals surface area contributed by atoms with Crippen LogP contribution in [0.3, 0.4) is 0 Å². The summed E-state index contributed by atoms with van der Waals surface area (Å²) in [5.74, 6) is 1.13. The molecule has 0 aromatic heterocycles. The van der Waals surface area contributed by atoms with Gasteiger partial charge < -0.3 is 10.1 Å². The standard InChI is InChI=1S/C14H17NO4S2/c16-21(17,18)20-11-9-15-8-10-19-14-7-3-5-12-4-1-2-6-13(12)14/h1-7,15H,8-11H2,(H,16,17,18). The summed E-state index contributed by atoms with van der Waals surface area (Å²) in [5.41, 5.74) is 0. The van der Waals surface area contributed by atoms with Crippen molar-refractivity contribution in [2.75, 3.05) is 25.4 Å². The fraction of sp³-hybridized carbons (Fsp3) is 0.286. The van der Waals surface area contributed by atoms with Crippen LogP contribution in [0.4, 0.5) is 0 Å². The molecule has 0 heterocycles. The lowest BCUT2D eigenvalue weighted by molar-refractivity contribution is 0.319. The maximum atomic E-state index is 10.5. The molecular formula is C14H17NO4S2. The zero-order valence-corrected chi connectivity index (χ0v) is 13.0. The van der Waals surface area contributed by atoms with Crippen molar-refractivity contribution in [2.24, 2.45) is 0 Å². The van der Waals surface area contributed by atoms with Gasteiger partial charge in [-0.3, -0.25) is 4.55 Å². The minimum absolute atomic E-state index is 0.299. The molecule has 2 aromatic carbocycles. The summed E-state index contributed by atoms with van der Waals surface area (Å²) < 4.78 is 35.3. The zero-order chi connectivity index (χ0) is 15.1. The topological polar surface area (TPSA) is 75.6 Å². The van der Waals surface area contributed by atoms with Crippen LogP contribution in [0.5, 0.6) is 5.75 Å². The van der Waals surface area contributed by atoms with Crippen LogP contribution >= 0.6 is 10.8 Å². The number of benzene rings is 2. The molecule has 21 heavy (non-hydrogen) atoms. The number of hydrogen-bond donors (Lipinski definition) is 2. The Balaban J connectivity index is 1.73. The molecule has 0 unspecified atom stereocenters. The van der Waals surface area contributed by atoms with Crippen LogP contribution in [-0.2, 0) is 9.15 Å². The molecule has 0 aliphatic heterocycles. The monoisotopic (exact) mass is 327 g/mol. The number of nitrogens with one attached hydrogen (secondary N) is 1. The van der Waals surface area contributed by atoms with Crippen LogP contribution in [-0.4, -0.2) is 38.4 Å². The van der Waals surface area contributed by atoms with E-state index in [0.717, 1.165) is 16.5 Å². The van der Waals surface area contributed by atoms with Gasteiger partial charge in [0.05, 0.1) is 0 Å². The van der Waals surface area contributed by atoms with E-state index in [1.165, 1.54) is 0 Å². The van der Waals surface area contributed by atoms with Crippen molar-refractivity contribution in [3.63, 3.8) is 0 Å². The lowest BCUT2D eigenvalue weighted by Gasteiger charge is -2.09. The number of ether oxygens (including phenoxy) is 1. The van der Waals surface area contributed by atoms with Gasteiger partial charge in [0.2, 0.25) is 0 Å². The quantitative estimate of drug-likeness (QED) is 0.440. The summed E-state index contributed by atoms with van der Waals surface area (Å²) in [6.07, 6.45) is 0. The lowest BCUT2D eigenvalue weighted by Crippen LogP contribution is -2.23. The molecule has 0 fully saturated rings. The van der Waals surface area contributed by atoms with Crippen molar-refractivity contribution in [1.82, 2.24) is 5.32 Å². The fourth-order valence-electron chi connectivity index (χ4n) is 1.90. The van der Waals surface area contributed by atoms with Crippen LogP contribution in [0.15, 0.2) is 42.5 Å². The van der Waals surface area contributed by atoms with Gasteiger partial charge in [0, 0.05) is 24.2 Å². The molecule has 2 N–H and O–H groups in total. The van der Waals surface area contributed by atoms with Gasteiger partial charge in [-0.05, 0) is 22.2 Å². The molecule has 0 bridgehead atoms. The number of rotatable bonds is 8. The minimum Gasteiger partial charge on any atom is -0.492 e. The summed E-state index contributed by atoms with van der Waals surface area (Å²) in [5, 5.41) is 5.26. The summed E-state index contributed by atoms with van der Waals surface area (Å²) in [6, 6.07) is 13.9. The Hall–Kier alpha value is -1.28. The van der Waals surface area contributed by atoms with Crippen LogP contribution < -0.4 is 10.1 Å². The zero-order valence-electron chi connectivity index (χ0n) is 11.4. The molecule has 0 spiro atoms. The second-order valence-electron chi connectivity index (χ2n) is 4.33. The second kappa shape index (κ2) is 7.65. The minimum atomic E-state index is -3.94.